The number of rotatable bonds is 6. The molecule has 3 heteroatoms. The van der Waals surface area contributed by atoms with E-state index in [1.807, 2.05) is 0 Å². The van der Waals surface area contributed by atoms with Crippen LogP contribution in [0, 0.1) is 5.41 Å². The molecule has 0 heterocycles. The summed E-state index contributed by atoms with van der Waals surface area (Å²) in [6.45, 7) is 5.77. The van der Waals surface area contributed by atoms with Crippen molar-refractivity contribution in [1.29, 1.82) is 5.41 Å². The summed E-state index contributed by atoms with van der Waals surface area (Å²) in [5.74, 6) is 0.237. The average Bonchev–Trinajstić information content (AvgIpc) is 2.25. The lowest BCUT2D eigenvalue weighted by Crippen LogP contribution is -1.96. The topological polar surface area (TPSA) is 48.6 Å². The van der Waals surface area contributed by atoms with Gasteiger partial charge in [0.1, 0.15) is 0 Å². The predicted molar refractivity (Wildman–Crippen MR) is 68.4 cm³/mol. The molecular weight excluding hydrogens is 186 g/mol. The average molecular weight is 205 g/mol. The maximum absolute atomic E-state index is 7.66. The van der Waals surface area contributed by atoms with Crippen LogP contribution in [-0.2, 0) is 0 Å². The molecule has 0 saturated carbocycles. The van der Waals surface area contributed by atoms with Crippen LogP contribution in [0.5, 0.6) is 0 Å². The first kappa shape index (κ1) is 13.5. The minimum Gasteiger partial charge on any atom is -0.296 e. The molecule has 15 heavy (non-hydrogen) atoms. The van der Waals surface area contributed by atoms with Gasteiger partial charge >= 0.3 is 0 Å². The summed E-state index contributed by atoms with van der Waals surface area (Å²) < 4.78 is 0. The Labute approximate surface area is 91.9 Å². The van der Waals surface area contributed by atoms with Gasteiger partial charge in [-0.2, -0.15) is 0 Å². The number of unbranched alkanes of at least 4 members (excludes halogenated alkanes) is 2. The fraction of sp³-hybridized carbons (Fsp3) is 0.417. The molecule has 0 saturated heterocycles. The van der Waals surface area contributed by atoms with Crippen LogP contribution in [-0.4, -0.2) is 25.3 Å². The number of hydrogen-bond acceptors (Lipinski definition) is 2. The Bertz CT molecular complexity index is 285. The summed E-state index contributed by atoms with van der Waals surface area (Å²) in [7, 11) is 1.69. The number of hydrogen-bond donors (Lipinski definition) is 1. The molecule has 3 nitrogen and oxygen atoms in total. The van der Waals surface area contributed by atoms with Crippen LogP contribution in [0.1, 0.15) is 26.2 Å². The quantitative estimate of drug-likeness (QED) is 0.300. The van der Waals surface area contributed by atoms with Crippen molar-refractivity contribution < 1.29 is 0 Å². The lowest BCUT2D eigenvalue weighted by Gasteiger charge is -1.96. The zero-order valence-electron chi connectivity index (χ0n) is 9.53. The lowest BCUT2D eigenvalue weighted by atomic mass is 10.2. The van der Waals surface area contributed by atoms with Crippen molar-refractivity contribution in [1.82, 2.24) is 0 Å². The second-order valence-electron chi connectivity index (χ2n) is 3.04. The zero-order chi connectivity index (χ0) is 11.5. The summed E-state index contributed by atoms with van der Waals surface area (Å²) in [5, 5.41) is 7.66. The molecule has 0 aromatic rings. The van der Waals surface area contributed by atoms with Crippen molar-refractivity contribution >= 4 is 18.3 Å². The van der Waals surface area contributed by atoms with E-state index in [1.165, 1.54) is 0 Å². The molecule has 0 amide bonds. The van der Waals surface area contributed by atoms with Crippen LogP contribution in [0.4, 0.5) is 0 Å². The monoisotopic (exact) mass is 205 g/mol. The maximum atomic E-state index is 7.66. The SMILES string of the molecule is C=C/C(=C\C=NC)C(=N)N=CCCCC. The summed E-state index contributed by atoms with van der Waals surface area (Å²) >= 11 is 0. The Morgan fingerprint density at radius 1 is 1.47 bits per heavy atom. The van der Waals surface area contributed by atoms with E-state index in [-0.39, 0.29) is 5.84 Å². The molecule has 0 aromatic carbocycles. The second-order valence-corrected chi connectivity index (χ2v) is 3.04. The van der Waals surface area contributed by atoms with Gasteiger partial charge in [-0.15, -0.1) is 0 Å². The normalized spacial score (nSPS) is 12.5. The molecule has 0 rings (SSSR count). The first-order valence-corrected chi connectivity index (χ1v) is 5.12. The highest BCUT2D eigenvalue weighted by Gasteiger charge is 1.96. The van der Waals surface area contributed by atoms with Crippen LogP contribution in [0.2, 0.25) is 0 Å². The molecule has 0 aliphatic heterocycles. The smallest absolute Gasteiger partial charge is 0.151 e. The van der Waals surface area contributed by atoms with Crippen molar-refractivity contribution in [2.75, 3.05) is 7.05 Å². The number of aliphatic imine (C=N–C) groups is 2. The highest BCUT2D eigenvalue weighted by atomic mass is 14.8. The Morgan fingerprint density at radius 2 is 2.20 bits per heavy atom. The van der Waals surface area contributed by atoms with Gasteiger partial charge in [0.25, 0.3) is 0 Å². The van der Waals surface area contributed by atoms with E-state index in [9.17, 15) is 0 Å². The van der Waals surface area contributed by atoms with Crippen LogP contribution in [0.3, 0.4) is 0 Å². The van der Waals surface area contributed by atoms with Gasteiger partial charge in [0.2, 0.25) is 0 Å². The van der Waals surface area contributed by atoms with Crippen molar-refractivity contribution in [3.63, 3.8) is 0 Å². The van der Waals surface area contributed by atoms with E-state index >= 15 is 0 Å². The van der Waals surface area contributed by atoms with Crippen LogP contribution >= 0.6 is 0 Å². The molecule has 0 aliphatic rings. The predicted octanol–water partition coefficient (Wildman–Crippen LogP) is 3.04. The van der Waals surface area contributed by atoms with Crippen LogP contribution in [0.15, 0.2) is 34.3 Å². The van der Waals surface area contributed by atoms with Crippen molar-refractivity contribution in [3.8, 4) is 0 Å². The van der Waals surface area contributed by atoms with E-state index in [0.29, 0.717) is 5.57 Å². The largest absolute Gasteiger partial charge is 0.296 e. The maximum Gasteiger partial charge on any atom is 0.151 e. The van der Waals surface area contributed by atoms with Gasteiger partial charge in [0.15, 0.2) is 5.84 Å². The molecule has 1 N–H and O–H groups in total. The molecular formula is C12H19N3. The second kappa shape index (κ2) is 9.06. The van der Waals surface area contributed by atoms with E-state index in [1.54, 1.807) is 31.6 Å². The lowest BCUT2D eigenvalue weighted by molar-refractivity contribution is 0.843. The molecule has 0 fully saturated rings. The molecule has 0 radical (unpaired) electrons. The van der Waals surface area contributed by atoms with Crippen molar-refractivity contribution in [2.24, 2.45) is 9.98 Å². The van der Waals surface area contributed by atoms with E-state index in [4.69, 9.17) is 5.41 Å². The van der Waals surface area contributed by atoms with Gasteiger partial charge in [0.05, 0.1) is 0 Å². The minimum atomic E-state index is 0.237. The summed E-state index contributed by atoms with van der Waals surface area (Å²) in [4.78, 5) is 7.86. The third kappa shape index (κ3) is 6.55. The molecule has 0 bridgehead atoms. The first-order chi connectivity index (χ1) is 7.26. The first-order valence-electron chi connectivity index (χ1n) is 5.12. The molecule has 0 atom stereocenters. The van der Waals surface area contributed by atoms with E-state index in [0.717, 1.165) is 19.3 Å². The summed E-state index contributed by atoms with van der Waals surface area (Å²) in [5.41, 5.74) is 0.688. The number of allylic oxidation sites excluding steroid dienone is 1. The van der Waals surface area contributed by atoms with Gasteiger partial charge in [-0.3, -0.25) is 10.4 Å². The molecule has 0 unspecified atom stereocenters. The third-order valence-corrected chi connectivity index (χ3v) is 1.80. The molecule has 82 valence electrons. The van der Waals surface area contributed by atoms with Crippen LogP contribution in [0.25, 0.3) is 0 Å². The zero-order valence-corrected chi connectivity index (χ0v) is 9.53. The van der Waals surface area contributed by atoms with Gasteiger partial charge in [-0.1, -0.05) is 26.0 Å². The highest BCUT2D eigenvalue weighted by Crippen LogP contribution is 1.99. The fourth-order valence-electron chi connectivity index (χ4n) is 0.924. The van der Waals surface area contributed by atoms with Gasteiger partial charge < -0.3 is 0 Å². The Kier molecular flexibility index (Phi) is 8.15. The van der Waals surface area contributed by atoms with Crippen molar-refractivity contribution in [2.45, 2.75) is 26.2 Å². The minimum absolute atomic E-state index is 0.237. The van der Waals surface area contributed by atoms with E-state index in [2.05, 4.69) is 23.5 Å². The van der Waals surface area contributed by atoms with Gasteiger partial charge in [-0.05, 0) is 18.9 Å². The summed E-state index contributed by atoms with van der Waals surface area (Å²) in [6, 6.07) is 0. The third-order valence-electron chi connectivity index (χ3n) is 1.80. The Hall–Kier alpha value is -1.51. The van der Waals surface area contributed by atoms with Crippen LogP contribution < -0.4 is 0 Å². The van der Waals surface area contributed by atoms with Gasteiger partial charge in [0, 0.05) is 25.0 Å². The van der Waals surface area contributed by atoms with E-state index < -0.39 is 0 Å². The Morgan fingerprint density at radius 3 is 2.73 bits per heavy atom. The Balaban J connectivity index is 4.28. The summed E-state index contributed by atoms with van der Waals surface area (Å²) in [6.07, 6.45) is 9.94. The van der Waals surface area contributed by atoms with Gasteiger partial charge in [-0.25, -0.2) is 4.99 Å². The molecule has 0 spiro atoms. The number of amidine groups is 1. The number of nitrogens with zero attached hydrogens (tertiary/aromatic N) is 2. The highest BCUT2D eigenvalue weighted by molar-refractivity contribution is 6.04. The fourth-order valence-corrected chi connectivity index (χ4v) is 0.924. The number of nitrogens with one attached hydrogen (secondary N) is 1. The standard InChI is InChI=1S/C12H19N3/c1-4-6-7-9-15-12(13)11(5-2)8-10-14-3/h5,8-10,13H,2,4,6-7H2,1,3H3/b11-8+,13-12?,14-10?,15-9?. The molecule has 0 aromatic heterocycles. The molecule has 0 aliphatic carbocycles. The van der Waals surface area contributed by atoms with Crippen molar-refractivity contribution in [3.05, 3.63) is 24.3 Å².